The first-order chi connectivity index (χ1) is 12.6. The van der Waals surface area contributed by atoms with Gasteiger partial charge in [0.05, 0.1) is 12.6 Å². The Kier molecular flexibility index (Phi) is 12.1. The fourth-order valence-corrected chi connectivity index (χ4v) is 2.40. The topological polar surface area (TPSA) is 171 Å². The van der Waals surface area contributed by atoms with Crippen LogP contribution in [0.1, 0.15) is 20.3 Å². The molecule has 3 amide bonds. The average molecular weight is 425 g/mol. The van der Waals surface area contributed by atoms with Crippen molar-refractivity contribution < 1.29 is 29.4 Å². The van der Waals surface area contributed by atoms with E-state index >= 15 is 0 Å². The van der Waals surface area contributed by atoms with E-state index in [2.05, 4.69) is 41.2 Å². The number of carbonyl (C=O) groups is 4. The summed E-state index contributed by atoms with van der Waals surface area (Å²) in [5.74, 6) is -3.88. The number of hydrogen-bond donors (Lipinski definition) is 8. The van der Waals surface area contributed by atoms with Crippen molar-refractivity contribution in [1.29, 1.82) is 0 Å². The Bertz CT molecular complexity index is 536. The molecule has 0 saturated heterocycles. The normalized spacial score (nSPS) is 16.4. The highest BCUT2D eigenvalue weighted by Gasteiger charge is 2.29. The Balaban J connectivity index is 4.93. The van der Waals surface area contributed by atoms with E-state index < -0.39 is 54.5 Å². The highest BCUT2D eigenvalue weighted by molar-refractivity contribution is 7.80. The number of thiol groups is 2. The maximum atomic E-state index is 12.3. The lowest BCUT2D eigenvalue weighted by Gasteiger charge is -2.24. The molecule has 0 heterocycles. The maximum absolute atomic E-state index is 12.3. The van der Waals surface area contributed by atoms with Crippen LogP contribution < -0.4 is 21.7 Å². The third kappa shape index (κ3) is 8.37. The molecule has 0 saturated carbocycles. The molecule has 0 radical (unpaired) electrons. The van der Waals surface area contributed by atoms with Gasteiger partial charge in [-0.25, -0.2) is 4.79 Å². The molecule has 0 bridgehead atoms. The Morgan fingerprint density at radius 2 is 1.37 bits per heavy atom. The van der Waals surface area contributed by atoms with Gasteiger partial charge >= 0.3 is 5.97 Å². The fraction of sp³-hybridized carbons (Fsp3) is 0.733. The molecule has 27 heavy (non-hydrogen) atoms. The second-order valence-electron chi connectivity index (χ2n) is 5.98. The Labute approximate surface area is 168 Å². The molecule has 10 nitrogen and oxygen atoms in total. The van der Waals surface area contributed by atoms with Gasteiger partial charge in [-0.2, -0.15) is 25.3 Å². The van der Waals surface area contributed by atoms with Gasteiger partial charge in [-0.1, -0.05) is 20.3 Å². The van der Waals surface area contributed by atoms with Crippen molar-refractivity contribution in [3.63, 3.8) is 0 Å². The zero-order chi connectivity index (χ0) is 21.1. The van der Waals surface area contributed by atoms with E-state index in [1.165, 1.54) is 0 Å². The number of aliphatic hydroxyl groups is 1. The molecule has 0 aromatic carbocycles. The average Bonchev–Trinajstić information content (AvgIpc) is 2.65. The lowest BCUT2D eigenvalue weighted by atomic mass is 9.99. The number of nitrogens with one attached hydrogen (secondary N) is 3. The Morgan fingerprint density at radius 3 is 1.78 bits per heavy atom. The first kappa shape index (κ1) is 25.5. The van der Waals surface area contributed by atoms with Gasteiger partial charge in [0.2, 0.25) is 17.7 Å². The number of amides is 3. The third-order valence-corrected chi connectivity index (χ3v) is 4.72. The van der Waals surface area contributed by atoms with Gasteiger partial charge in [0, 0.05) is 11.5 Å². The quantitative estimate of drug-likeness (QED) is 0.164. The maximum Gasteiger partial charge on any atom is 0.327 e. The molecule has 0 spiro atoms. The number of carbonyl (C=O) groups excluding carboxylic acids is 3. The third-order valence-electron chi connectivity index (χ3n) is 3.99. The number of nitrogens with two attached hydrogens (primary N) is 1. The number of aliphatic carboxylic acids is 1. The van der Waals surface area contributed by atoms with Crippen molar-refractivity contribution in [2.75, 3.05) is 18.1 Å². The predicted molar refractivity (Wildman–Crippen MR) is 106 cm³/mol. The van der Waals surface area contributed by atoms with Gasteiger partial charge in [0.15, 0.2) is 0 Å². The minimum absolute atomic E-state index is 0.127. The van der Waals surface area contributed by atoms with E-state index in [1.54, 1.807) is 6.92 Å². The zero-order valence-electron chi connectivity index (χ0n) is 15.2. The Hall–Kier alpha value is -1.50. The predicted octanol–water partition coefficient (Wildman–Crippen LogP) is -2.25. The number of hydrogen-bond acceptors (Lipinski definition) is 8. The summed E-state index contributed by atoms with van der Waals surface area (Å²) in [5.41, 5.74) is 5.78. The smallest absolute Gasteiger partial charge is 0.327 e. The van der Waals surface area contributed by atoms with Crippen LogP contribution in [-0.2, 0) is 19.2 Å². The minimum Gasteiger partial charge on any atom is -0.480 e. The van der Waals surface area contributed by atoms with Crippen LogP contribution in [0.4, 0.5) is 0 Å². The van der Waals surface area contributed by atoms with Crippen LogP contribution in [0, 0.1) is 5.92 Å². The van der Waals surface area contributed by atoms with Crippen molar-refractivity contribution in [3.8, 4) is 0 Å². The lowest BCUT2D eigenvalue weighted by Crippen LogP contribution is -2.59. The highest BCUT2D eigenvalue weighted by atomic mass is 32.1. The number of aliphatic hydroxyl groups excluding tert-OH is 1. The van der Waals surface area contributed by atoms with Crippen molar-refractivity contribution in [2.45, 2.75) is 44.4 Å². The number of rotatable bonds is 12. The SMILES string of the molecule is CCC(C)C(N)C(=O)NC(CO)C(=O)NC(CS)C(=O)NC(CS)C(=O)O. The highest BCUT2D eigenvalue weighted by Crippen LogP contribution is 2.05. The lowest BCUT2D eigenvalue weighted by molar-refractivity contribution is -0.141. The number of carboxylic acids is 1. The molecule has 0 fully saturated rings. The first-order valence-corrected chi connectivity index (χ1v) is 9.61. The van der Waals surface area contributed by atoms with E-state index in [0.29, 0.717) is 6.42 Å². The molecule has 5 atom stereocenters. The number of carboxylic acid groups (broad SMARTS) is 1. The summed E-state index contributed by atoms with van der Waals surface area (Å²) in [7, 11) is 0. The van der Waals surface area contributed by atoms with Gasteiger partial charge in [0.25, 0.3) is 0 Å². The zero-order valence-corrected chi connectivity index (χ0v) is 17.0. The van der Waals surface area contributed by atoms with E-state index in [-0.39, 0.29) is 17.4 Å². The largest absolute Gasteiger partial charge is 0.480 e. The van der Waals surface area contributed by atoms with Gasteiger partial charge in [-0.3, -0.25) is 14.4 Å². The van der Waals surface area contributed by atoms with Crippen LogP contribution in [0.15, 0.2) is 0 Å². The Morgan fingerprint density at radius 1 is 0.926 bits per heavy atom. The van der Waals surface area contributed by atoms with Crippen LogP contribution in [0.5, 0.6) is 0 Å². The van der Waals surface area contributed by atoms with Crippen LogP contribution in [0.25, 0.3) is 0 Å². The van der Waals surface area contributed by atoms with Gasteiger partial charge in [-0.05, 0) is 5.92 Å². The molecular formula is C15H28N4O6S2. The van der Waals surface area contributed by atoms with Crippen molar-refractivity contribution in [2.24, 2.45) is 11.7 Å². The molecule has 0 rings (SSSR count). The summed E-state index contributed by atoms with van der Waals surface area (Å²) in [6, 6.07) is -4.57. The van der Waals surface area contributed by atoms with Crippen molar-refractivity contribution >= 4 is 48.9 Å². The standard InChI is InChI=1S/C15H28N4O6S2/c1-3-7(2)11(16)14(23)17-8(4-20)12(21)18-9(5-26)13(22)19-10(6-27)15(24)25/h7-11,20,26-27H,3-6,16H2,1-2H3,(H,17,23)(H,18,21)(H,19,22)(H,24,25). The van der Waals surface area contributed by atoms with Crippen LogP contribution in [-0.4, -0.2) is 76.2 Å². The molecule has 7 N–H and O–H groups in total. The van der Waals surface area contributed by atoms with Crippen LogP contribution in [0.2, 0.25) is 0 Å². The van der Waals surface area contributed by atoms with Gasteiger partial charge in [-0.15, -0.1) is 0 Å². The van der Waals surface area contributed by atoms with E-state index in [0.717, 1.165) is 0 Å². The van der Waals surface area contributed by atoms with E-state index in [9.17, 15) is 24.3 Å². The van der Waals surface area contributed by atoms with Gasteiger partial charge < -0.3 is 31.9 Å². The van der Waals surface area contributed by atoms with E-state index in [4.69, 9.17) is 10.8 Å². The molecule has 0 aromatic heterocycles. The fourth-order valence-electron chi connectivity index (χ4n) is 1.90. The molecule has 0 aromatic rings. The molecule has 0 aliphatic carbocycles. The molecule has 5 unspecified atom stereocenters. The minimum atomic E-state index is -1.32. The summed E-state index contributed by atoms with van der Waals surface area (Å²) in [4.78, 5) is 47.4. The van der Waals surface area contributed by atoms with E-state index in [1.807, 2.05) is 6.92 Å². The second-order valence-corrected chi connectivity index (χ2v) is 6.71. The molecule has 0 aliphatic rings. The summed E-state index contributed by atoms with van der Waals surface area (Å²) in [6.07, 6.45) is 0.655. The summed E-state index contributed by atoms with van der Waals surface area (Å²) < 4.78 is 0. The monoisotopic (exact) mass is 424 g/mol. The summed E-state index contributed by atoms with van der Waals surface area (Å²) in [5, 5.41) is 25.2. The first-order valence-electron chi connectivity index (χ1n) is 8.34. The van der Waals surface area contributed by atoms with Gasteiger partial charge in [0.1, 0.15) is 18.1 Å². The molecule has 0 aliphatic heterocycles. The van der Waals surface area contributed by atoms with Crippen molar-refractivity contribution in [1.82, 2.24) is 16.0 Å². The molecule has 12 heteroatoms. The van der Waals surface area contributed by atoms with Crippen LogP contribution >= 0.6 is 25.3 Å². The summed E-state index contributed by atoms with van der Waals surface area (Å²) in [6.45, 7) is 2.93. The van der Waals surface area contributed by atoms with Crippen LogP contribution in [0.3, 0.4) is 0 Å². The molecular weight excluding hydrogens is 396 g/mol. The second kappa shape index (κ2) is 12.8. The molecule has 156 valence electrons. The summed E-state index contributed by atoms with van der Waals surface area (Å²) >= 11 is 7.79. The van der Waals surface area contributed by atoms with Crippen molar-refractivity contribution in [3.05, 3.63) is 0 Å².